The molecule has 0 aromatic heterocycles. The van der Waals surface area contributed by atoms with Crippen molar-refractivity contribution in [1.29, 1.82) is 0 Å². The van der Waals surface area contributed by atoms with Crippen LogP contribution >= 0.6 is 0 Å². The molecule has 0 heterocycles. The monoisotopic (exact) mass is 414 g/mol. The van der Waals surface area contributed by atoms with Gasteiger partial charge in [-0.25, -0.2) is 0 Å². The Morgan fingerprint density at radius 3 is 1.93 bits per heavy atom. The Hall–Kier alpha value is -1.10. The Labute approximate surface area is 179 Å². The molecule has 0 spiro atoms. The van der Waals surface area contributed by atoms with Gasteiger partial charge in [0.05, 0.1) is 6.61 Å². The number of hydrogen-bond donors (Lipinski definition) is 0. The molecule has 0 fully saturated rings. The SMILES string of the molecule is CCCCCCCCOC(=O)CCCC(=O)OC(CCCCCC)CCCOC. The molecule has 0 N–H and O–H groups in total. The minimum absolute atomic E-state index is 0.0332. The van der Waals surface area contributed by atoms with Gasteiger partial charge in [-0.2, -0.15) is 0 Å². The Kier molecular flexibility index (Phi) is 20.8. The van der Waals surface area contributed by atoms with E-state index in [9.17, 15) is 9.59 Å². The van der Waals surface area contributed by atoms with Gasteiger partial charge in [0.15, 0.2) is 0 Å². The molecule has 5 heteroatoms. The van der Waals surface area contributed by atoms with Crippen LogP contribution in [0.5, 0.6) is 0 Å². The summed E-state index contributed by atoms with van der Waals surface area (Å²) < 4.78 is 16.0. The molecule has 1 unspecified atom stereocenters. The van der Waals surface area contributed by atoms with Crippen molar-refractivity contribution in [2.24, 2.45) is 0 Å². The third-order valence-electron chi connectivity index (χ3n) is 5.08. The van der Waals surface area contributed by atoms with Crippen LogP contribution in [0, 0.1) is 0 Å². The summed E-state index contributed by atoms with van der Waals surface area (Å²) in [5.74, 6) is -0.408. The molecule has 0 rings (SSSR count). The molecule has 5 nitrogen and oxygen atoms in total. The summed E-state index contributed by atoms with van der Waals surface area (Å²) in [6.07, 6.45) is 15.4. The summed E-state index contributed by atoms with van der Waals surface area (Å²) in [6, 6.07) is 0. The van der Waals surface area contributed by atoms with Crippen LogP contribution in [-0.4, -0.2) is 38.4 Å². The van der Waals surface area contributed by atoms with Gasteiger partial charge >= 0.3 is 11.9 Å². The predicted molar refractivity (Wildman–Crippen MR) is 118 cm³/mol. The van der Waals surface area contributed by atoms with Crippen molar-refractivity contribution in [3.63, 3.8) is 0 Å². The third kappa shape index (κ3) is 20.0. The van der Waals surface area contributed by atoms with E-state index in [1.165, 1.54) is 44.9 Å². The van der Waals surface area contributed by atoms with Gasteiger partial charge in [0.1, 0.15) is 6.10 Å². The Morgan fingerprint density at radius 1 is 0.655 bits per heavy atom. The Balaban J connectivity index is 3.86. The van der Waals surface area contributed by atoms with Gasteiger partial charge in [-0.1, -0.05) is 65.2 Å². The molecule has 0 aliphatic rings. The highest BCUT2D eigenvalue weighted by Gasteiger charge is 2.15. The second kappa shape index (κ2) is 21.6. The molecule has 1 atom stereocenters. The van der Waals surface area contributed by atoms with Crippen molar-refractivity contribution in [2.75, 3.05) is 20.3 Å². The highest BCUT2D eigenvalue weighted by atomic mass is 16.5. The van der Waals surface area contributed by atoms with Crippen LogP contribution in [0.25, 0.3) is 0 Å². The Bertz CT molecular complexity index is 383. The predicted octanol–water partition coefficient (Wildman–Crippen LogP) is 6.37. The number of methoxy groups -OCH3 is 1. The quantitative estimate of drug-likeness (QED) is 0.161. The van der Waals surface area contributed by atoms with Gasteiger partial charge in [-0.15, -0.1) is 0 Å². The largest absolute Gasteiger partial charge is 0.466 e. The second-order valence-electron chi connectivity index (χ2n) is 7.94. The fourth-order valence-electron chi connectivity index (χ4n) is 3.28. The molecular formula is C24H46O5. The highest BCUT2D eigenvalue weighted by molar-refractivity contribution is 5.72. The van der Waals surface area contributed by atoms with Crippen LogP contribution in [0.2, 0.25) is 0 Å². The van der Waals surface area contributed by atoms with Crippen molar-refractivity contribution in [2.45, 2.75) is 123 Å². The maximum atomic E-state index is 12.1. The molecule has 0 saturated heterocycles. The van der Waals surface area contributed by atoms with E-state index in [0.717, 1.165) is 38.5 Å². The lowest BCUT2D eigenvalue weighted by atomic mass is 10.1. The van der Waals surface area contributed by atoms with Crippen molar-refractivity contribution < 1.29 is 23.8 Å². The van der Waals surface area contributed by atoms with Gasteiger partial charge in [0.25, 0.3) is 0 Å². The van der Waals surface area contributed by atoms with E-state index in [0.29, 0.717) is 19.6 Å². The van der Waals surface area contributed by atoms with E-state index < -0.39 is 0 Å². The van der Waals surface area contributed by atoms with E-state index in [-0.39, 0.29) is 30.9 Å². The summed E-state index contributed by atoms with van der Waals surface area (Å²) >= 11 is 0. The average molecular weight is 415 g/mol. The van der Waals surface area contributed by atoms with E-state index in [2.05, 4.69) is 13.8 Å². The zero-order valence-electron chi connectivity index (χ0n) is 19.3. The Morgan fingerprint density at radius 2 is 1.24 bits per heavy atom. The molecule has 0 bridgehead atoms. The minimum atomic E-state index is -0.206. The normalized spacial score (nSPS) is 12.0. The van der Waals surface area contributed by atoms with Crippen LogP contribution in [0.3, 0.4) is 0 Å². The molecule has 0 radical (unpaired) electrons. The first-order valence-electron chi connectivity index (χ1n) is 12.0. The van der Waals surface area contributed by atoms with Crippen LogP contribution in [-0.2, 0) is 23.8 Å². The highest BCUT2D eigenvalue weighted by Crippen LogP contribution is 2.15. The number of ether oxygens (including phenoxy) is 3. The lowest BCUT2D eigenvalue weighted by Crippen LogP contribution is -2.19. The molecule has 0 aromatic rings. The van der Waals surface area contributed by atoms with Gasteiger partial charge < -0.3 is 14.2 Å². The minimum Gasteiger partial charge on any atom is -0.466 e. The number of unbranched alkanes of at least 4 members (excludes halogenated alkanes) is 8. The molecule has 0 amide bonds. The summed E-state index contributed by atoms with van der Waals surface area (Å²) in [5.41, 5.74) is 0. The number of carbonyl (C=O) groups excluding carboxylic acids is 2. The van der Waals surface area contributed by atoms with E-state index in [1.54, 1.807) is 7.11 Å². The first-order chi connectivity index (χ1) is 14.1. The van der Waals surface area contributed by atoms with Gasteiger partial charge in [0.2, 0.25) is 0 Å². The summed E-state index contributed by atoms with van der Waals surface area (Å²) in [4.78, 5) is 23.9. The molecular weight excluding hydrogens is 368 g/mol. The van der Waals surface area contributed by atoms with Gasteiger partial charge in [-0.3, -0.25) is 9.59 Å². The zero-order chi connectivity index (χ0) is 21.6. The molecule has 172 valence electrons. The zero-order valence-corrected chi connectivity index (χ0v) is 19.3. The van der Waals surface area contributed by atoms with Crippen molar-refractivity contribution in [3.8, 4) is 0 Å². The maximum Gasteiger partial charge on any atom is 0.306 e. The second-order valence-corrected chi connectivity index (χ2v) is 7.94. The standard InChI is InChI=1S/C24H46O5/c1-4-6-8-10-11-13-21-28-23(25)18-14-19-24(26)29-22(17-15-20-27-3)16-12-9-7-5-2/h22H,4-21H2,1-3H3. The lowest BCUT2D eigenvalue weighted by molar-refractivity contribution is -0.150. The topological polar surface area (TPSA) is 61.8 Å². The van der Waals surface area contributed by atoms with E-state index in [4.69, 9.17) is 14.2 Å². The number of hydrogen-bond acceptors (Lipinski definition) is 5. The lowest BCUT2D eigenvalue weighted by Gasteiger charge is -2.18. The number of esters is 2. The molecule has 0 aliphatic carbocycles. The molecule has 29 heavy (non-hydrogen) atoms. The fraction of sp³-hybridized carbons (Fsp3) is 0.917. The first-order valence-corrected chi connectivity index (χ1v) is 12.0. The summed E-state index contributed by atoms with van der Waals surface area (Å²) in [5, 5.41) is 0. The fourth-order valence-corrected chi connectivity index (χ4v) is 3.28. The summed E-state index contributed by atoms with van der Waals surface area (Å²) in [6.45, 7) is 5.57. The van der Waals surface area contributed by atoms with Crippen LogP contribution in [0.15, 0.2) is 0 Å². The molecule has 0 aliphatic heterocycles. The van der Waals surface area contributed by atoms with Crippen molar-refractivity contribution in [1.82, 2.24) is 0 Å². The van der Waals surface area contributed by atoms with Gasteiger partial charge in [0, 0.05) is 26.6 Å². The van der Waals surface area contributed by atoms with Crippen molar-refractivity contribution >= 4 is 11.9 Å². The smallest absolute Gasteiger partial charge is 0.306 e. The van der Waals surface area contributed by atoms with Gasteiger partial charge in [-0.05, 0) is 38.5 Å². The molecule has 0 aromatic carbocycles. The number of carbonyl (C=O) groups is 2. The summed E-state index contributed by atoms with van der Waals surface area (Å²) in [7, 11) is 1.69. The maximum absolute atomic E-state index is 12.1. The van der Waals surface area contributed by atoms with Crippen LogP contribution in [0.1, 0.15) is 117 Å². The van der Waals surface area contributed by atoms with E-state index >= 15 is 0 Å². The number of rotatable bonds is 21. The van der Waals surface area contributed by atoms with Crippen LogP contribution in [0.4, 0.5) is 0 Å². The average Bonchev–Trinajstić information content (AvgIpc) is 2.70. The van der Waals surface area contributed by atoms with Crippen LogP contribution < -0.4 is 0 Å². The van der Waals surface area contributed by atoms with E-state index in [1.807, 2.05) is 0 Å². The molecule has 0 saturated carbocycles. The third-order valence-corrected chi connectivity index (χ3v) is 5.08. The van der Waals surface area contributed by atoms with Crippen molar-refractivity contribution in [3.05, 3.63) is 0 Å². The first kappa shape index (κ1) is 27.9.